The van der Waals surface area contributed by atoms with Crippen molar-refractivity contribution < 1.29 is 19.1 Å². The Kier molecular flexibility index (Phi) is 5.45. The topological polar surface area (TPSA) is 52.6 Å². The molecule has 0 atom stereocenters. The summed E-state index contributed by atoms with van der Waals surface area (Å²) < 4.78 is 10.2. The Hall–Kier alpha value is -2.27. The highest BCUT2D eigenvalue weighted by molar-refractivity contribution is 8.03. The van der Waals surface area contributed by atoms with E-state index in [9.17, 15) is 9.59 Å². The molecule has 2 aliphatic rings. The van der Waals surface area contributed by atoms with Crippen molar-refractivity contribution in [2.45, 2.75) is 6.92 Å². The summed E-state index contributed by atoms with van der Waals surface area (Å²) in [6.07, 6.45) is 12.6. The number of carbonyl (C=O) groups is 2. The van der Waals surface area contributed by atoms with Gasteiger partial charge in [-0.2, -0.15) is 0 Å². The van der Waals surface area contributed by atoms with Crippen molar-refractivity contribution in [3.63, 3.8) is 0 Å². The molecule has 0 saturated heterocycles. The Morgan fingerprint density at radius 2 is 1.39 bits per heavy atom. The smallest absolute Gasteiger partial charge is 0.233 e. The lowest BCUT2D eigenvalue weighted by atomic mass is 9.99. The minimum atomic E-state index is -0.106. The number of rotatable bonds is 4. The quantitative estimate of drug-likeness (QED) is 0.792. The van der Waals surface area contributed by atoms with Gasteiger partial charge in [0.1, 0.15) is 0 Å². The summed E-state index contributed by atoms with van der Waals surface area (Å²) in [6.45, 7) is 1.75. The van der Waals surface area contributed by atoms with Crippen molar-refractivity contribution in [2.24, 2.45) is 0 Å². The molecule has 0 amide bonds. The first-order valence-electron chi connectivity index (χ1n) is 6.97. The zero-order valence-electron chi connectivity index (χ0n) is 13.5. The second-order valence-electron chi connectivity index (χ2n) is 4.96. The molecule has 0 bridgehead atoms. The number of ether oxygens (including phenoxy) is 2. The molecular formula is C18H18O4S. The fourth-order valence-corrected chi connectivity index (χ4v) is 2.75. The highest BCUT2D eigenvalue weighted by Crippen LogP contribution is 2.26. The molecule has 0 spiro atoms. The first-order valence-corrected chi connectivity index (χ1v) is 8.19. The van der Waals surface area contributed by atoms with Crippen LogP contribution in [0.1, 0.15) is 6.92 Å². The average Bonchev–Trinajstić information content (AvgIpc) is 2.56. The Morgan fingerprint density at radius 1 is 0.870 bits per heavy atom. The molecule has 0 heterocycles. The standard InChI is InChI=1S/C18H18O4S/c1-11-7-12(8-14(21-2)17(11)19)5-6-13-9-15(22-3)18(20)16(10-13)23-4/h5-10H,1-4H3/b12-5-,13-6+. The highest BCUT2D eigenvalue weighted by Gasteiger charge is 2.20. The second kappa shape index (κ2) is 7.33. The van der Waals surface area contributed by atoms with Crippen LogP contribution in [0, 0.1) is 0 Å². The van der Waals surface area contributed by atoms with E-state index in [4.69, 9.17) is 9.47 Å². The maximum Gasteiger partial charge on any atom is 0.233 e. The molecule has 5 heteroatoms. The lowest BCUT2D eigenvalue weighted by Gasteiger charge is -2.13. The largest absolute Gasteiger partial charge is 0.493 e. The van der Waals surface area contributed by atoms with Crippen LogP contribution >= 0.6 is 11.8 Å². The maximum absolute atomic E-state index is 12.0. The third-order valence-corrected chi connectivity index (χ3v) is 4.18. The van der Waals surface area contributed by atoms with Gasteiger partial charge >= 0.3 is 0 Å². The van der Waals surface area contributed by atoms with Crippen molar-refractivity contribution in [1.82, 2.24) is 0 Å². The molecular weight excluding hydrogens is 312 g/mol. The predicted octanol–water partition coefficient (Wildman–Crippen LogP) is 3.26. The van der Waals surface area contributed by atoms with Crippen molar-refractivity contribution in [2.75, 3.05) is 20.5 Å². The lowest BCUT2D eigenvalue weighted by molar-refractivity contribution is -0.115. The first-order chi connectivity index (χ1) is 11.0. The fraction of sp³-hybridized carbons (Fsp3) is 0.222. The molecule has 120 valence electrons. The van der Waals surface area contributed by atoms with E-state index in [2.05, 4.69) is 0 Å². The average molecular weight is 330 g/mol. The minimum Gasteiger partial charge on any atom is -0.493 e. The van der Waals surface area contributed by atoms with Crippen LogP contribution in [0.15, 0.2) is 69.6 Å². The third-order valence-electron chi connectivity index (χ3n) is 3.43. The zero-order valence-corrected chi connectivity index (χ0v) is 14.3. The summed E-state index contributed by atoms with van der Waals surface area (Å²) in [7, 11) is 2.96. The number of hydrogen-bond donors (Lipinski definition) is 0. The molecule has 4 nitrogen and oxygen atoms in total. The normalized spacial score (nSPS) is 21.7. The van der Waals surface area contributed by atoms with Crippen molar-refractivity contribution in [1.29, 1.82) is 0 Å². The van der Waals surface area contributed by atoms with Gasteiger partial charge in [-0.3, -0.25) is 9.59 Å². The van der Waals surface area contributed by atoms with Crippen molar-refractivity contribution in [3.8, 4) is 0 Å². The lowest BCUT2D eigenvalue weighted by Crippen LogP contribution is -2.10. The molecule has 0 saturated carbocycles. The van der Waals surface area contributed by atoms with Crippen molar-refractivity contribution >= 4 is 23.3 Å². The molecule has 0 unspecified atom stereocenters. The Morgan fingerprint density at radius 3 is 1.91 bits per heavy atom. The molecule has 2 rings (SSSR count). The van der Waals surface area contributed by atoms with Crippen LogP contribution in [-0.4, -0.2) is 32.0 Å². The SMILES string of the molecule is COC1=C/C(=C\C=C2/C=C(OC)C(=O)C(SC)=C2)C=C(C)C1=O. The number of hydrogen-bond acceptors (Lipinski definition) is 5. The van der Waals surface area contributed by atoms with Gasteiger partial charge in [0.25, 0.3) is 0 Å². The van der Waals surface area contributed by atoms with E-state index >= 15 is 0 Å². The second-order valence-corrected chi connectivity index (χ2v) is 5.81. The molecule has 0 aromatic heterocycles. The van der Waals surface area contributed by atoms with E-state index in [1.54, 1.807) is 25.2 Å². The van der Waals surface area contributed by atoms with E-state index in [1.165, 1.54) is 26.0 Å². The zero-order chi connectivity index (χ0) is 17.0. The van der Waals surface area contributed by atoms with Gasteiger partial charge in [-0.25, -0.2) is 0 Å². The van der Waals surface area contributed by atoms with Gasteiger partial charge in [0.05, 0.1) is 19.1 Å². The first kappa shape index (κ1) is 17.1. The van der Waals surface area contributed by atoms with Gasteiger partial charge < -0.3 is 9.47 Å². The summed E-state index contributed by atoms with van der Waals surface area (Å²) >= 11 is 1.38. The number of methoxy groups -OCH3 is 2. The van der Waals surface area contributed by atoms with Gasteiger partial charge in [-0.05, 0) is 48.6 Å². The summed E-state index contributed by atoms with van der Waals surface area (Å²) in [5.74, 6) is 0.430. The minimum absolute atomic E-state index is 0.105. The van der Waals surface area contributed by atoms with Crippen LogP contribution in [0.4, 0.5) is 0 Å². The highest BCUT2D eigenvalue weighted by atomic mass is 32.2. The van der Waals surface area contributed by atoms with Crippen LogP contribution < -0.4 is 0 Å². The molecule has 0 fully saturated rings. The van der Waals surface area contributed by atoms with Gasteiger partial charge in [-0.15, -0.1) is 11.8 Å². The number of ketones is 2. The Balaban J connectivity index is 2.37. The van der Waals surface area contributed by atoms with Crippen LogP contribution in [-0.2, 0) is 19.1 Å². The summed E-state index contributed by atoms with van der Waals surface area (Å²) in [4.78, 5) is 24.5. The molecule has 0 N–H and O–H groups in total. The molecule has 0 radical (unpaired) electrons. The molecule has 0 aromatic rings. The van der Waals surface area contributed by atoms with E-state index < -0.39 is 0 Å². The number of thioether (sulfide) groups is 1. The predicted molar refractivity (Wildman–Crippen MR) is 91.7 cm³/mol. The summed E-state index contributed by atoms with van der Waals surface area (Å²) in [5, 5.41) is 0. The summed E-state index contributed by atoms with van der Waals surface area (Å²) in [5.41, 5.74) is 2.34. The number of allylic oxidation sites excluding steroid dienone is 10. The van der Waals surface area contributed by atoms with Gasteiger partial charge in [0, 0.05) is 5.57 Å². The van der Waals surface area contributed by atoms with E-state index in [0.717, 1.165) is 11.1 Å². The monoisotopic (exact) mass is 330 g/mol. The maximum atomic E-state index is 12.0. The van der Waals surface area contributed by atoms with Crippen LogP contribution in [0.25, 0.3) is 0 Å². The van der Waals surface area contributed by atoms with Crippen molar-refractivity contribution in [3.05, 3.63) is 69.6 Å². The number of Topliss-reactive ketones (excluding diaryl/α,β-unsaturated/α-hetero) is 2. The molecule has 23 heavy (non-hydrogen) atoms. The fourth-order valence-electron chi connectivity index (χ4n) is 2.21. The van der Waals surface area contributed by atoms with Gasteiger partial charge in [0.2, 0.25) is 11.6 Å². The third kappa shape index (κ3) is 3.74. The van der Waals surface area contributed by atoms with Crippen LogP contribution in [0.5, 0.6) is 0 Å². The Bertz CT molecular complexity index is 704. The van der Waals surface area contributed by atoms with Crippen LogP contribution in [0.2, 0.25) is 0 Å². The molecule has 2 aliphatic carbocycles. The van der Waals surface area contributed by atoms with E-state index in [-0.39, 0.29) is 11.6 Å². The molecule has 0 aliphatic heterocycles. The molecule has 0 aromatic carbocycles. The van der Waals surface area contributed by atoms with Gasteiger partial charge in [-0.1, -0.05) is 12.2 Å². The number of carbonyl (C=O) groups excluding carboxylic acids is 2. The van der Waals surface area contributed by atoms with Gasteiger partial charge in [0.15, 0.2) is 11.5 Å². The summed E-state index contributed by atoms with van der Waals surface area (Å²) in [6, 6.07) is 0. The Labute approximate surface area is 139 Å². The van der Waals surface area contributed by atoms with E-state index in [0.29, 0.717) is 22.0 Å². The van der Waals surface area contributed by atoms with Crippen LogP contribution in [0.3, 0.4) is 0 Å². The van der Waals surface area contributed by atoms with E-state index in [1.807, 2.05) is 24.5 Å².